The number of ether oxygens (including phenoxy) is 1. The summed E-state index contributed by atoms with van der Waals surface area (Å²) >= 11 is 0. The molecule has 1 amide bonds. The number of hydrogen-bond acceptors (Lipinski definition) is 5. The molecule has 0 aliphatic heterocycles. The van der Waals surface area contributed by atoms with Crippen LogP contribution in [0.2, 0.25) is 0 Å². The van der Waals surface area contributed by atoms with Gasteiger partial charge in [0.25, 0.3) is 0 Å². The molecule has 6 heteroatoms. The fourth-order valence-corrected chi connectivity index (χ4v) is 8.69. The number of allylic oxidation sites excluding steroid dienone is 4. The number of rotatable bonds is 52. The predicted molar refractivity (Wildman–Crippen MR) is 273 cm³/mol. The van der Waals surface area contributed by atoms with Gasteiger partial charge in [0.1, 0.15) is 0 Å². The third-order valence-corrected chi connectivity index (χ3v) is 13.0. The Morgan fingerprint density at radius 1 is 0.444 bits per heavy atom. The summed E-state index contributed by atoms with van der Waals surface area (Å²) in [5, 5.41) is 23.2. The van der Waals surface area contributed by atoms with Crippen molar-refractivity contribution in [3.8, 4) is 0 Å². The number of hydrogen-bond donors (Lipinski definition) is 3. The summed E-state index contributed by atoms with van der Waals surface area (Å²) in [7, 11) is 0. The molecule has 3 N–H and O–H groups in total. The number of esters is 1. The number of carbonyl (C=O) groups is 2. The molecule has 0 heterocycles. The molecule has 0 saturated carbocycles. The average molecular weight is 889 g/mol. The van der Waals surface area contributed by atoms with Crippen molar-refractivity contribution < 1.29 is 24.5 Å². The van der Waals surface area contributed by atoms with Gasteiger partial charge in [0, 0.05) is 12.8 Å². The molecule has 0 spiro atoms. The van der Waals surface area contributed by atoms with Crippen molar-refractivity contribution in [2.45, 2.75) is 315 Å². The summed E-state index contributed by atoms with van der Waals surface area (Å²) in [6, 6.07) is -0.584. The highest BCUT2D eigenvalue weighted by molar-refractivity contribution is 5.76. The normalized spacial score (nSPS) is 12.8. The first-order valence-electron chi connectivity index (χ1n) is 28.1. The van der Waals surface area contributed by atoms with Crippen molar-refractivity contribution in [3.63, 3.8) is 0 Å². The maximum atomic E-state index is 12.4. The van der Waals surface area contributed by atoms with E-state index in [1.54, 1.807) is 0 Å². The lowest BCUT2D eigenvalue weighted by Gasteiger charge is -2.22. The first-order valence-corrected chi connectivity index (χ1v) is 28.1. The molecule has 0 aromatic rings. The third kappa shape index (κ3) is 49.6. The molecule has 0 fully saturated rings. The summed E-state index contributed by atoms with van der Waals surface area (Å²) < 4.78 is 5.47. The van der Waals surface area contributed by atoms with E-state index in [-0.39, 0.29) is 18.5 Å². The van der Waals surface area contributed by atoms with Gasteiger partial charge < -0.3 is 20.3 Å². The average Bonchev–Trinajstić information content (AvgIpc) is 3.28. The fourth-order valence-electron chi connectivity index (χ4n) is 8.69. The van der Waals surface area contributed by atoms with Crippen LogP contribution in [0.5, 0.6) is 0 Å². The lowest BCUT2D eigenvalue weighted by Crippen LogP contribution is -2.45. The van der Waals surface area contributed by atoms with E-state index < -0.39 is 12.1 Å². The second-order valence-electron chi connectivity index (χ2n) is 19.3. The van der Waals surface area contributed by atoms with Crippen molar-refractivity contribution in [1.82, 2.24) is 5.32 Å². The summed E-state index contributed by atoms with van der Waals surface area (Å²) in [5.74, 6) is -0.126. The van der Waals surface area contributed by atoms with Gasteiger partial charge in [0.15, 0.2) is 0 Å². The molecule has 0 aliphatic rings. The smallest absolute Gasteiger partial charge is 0.305 e. The Labute approximate surface area is 392 Å². The van der Waals surface area contributed by atoms with Crippen LogP contribution in [0.3, 0.4) is 0 Å². The Hall–Kier alpha value is -1.66. The topological polar surface area (TPSA) is 95.9 Å². The number of aliphatic hydroxyl groups excluding tert-OH is 2. The van der Waals surface area contributed by atoms with Crippen LogP contribution in [0.25, 0.3) is 0 Å². The molecule has 63 heavy (non-hydrogen) atoms. The number of aliphatic hydroxyl groups is 2. The van der Waals surface area contributed by atoms with E-state index in [0.29, 0.717) is 32.3 Å². The molecule has 0 aromatic heterocycles. The van der Waals surface area contributed by atoms with Gasteiger partial charge in [0.05, 0.1) is 25.4 Å². The van der Waals surface area contributed by atoms with Crippen LogP contribution >= 0.6 is 0 Å². The minimum absolute atomic E-state index is 0.0124. The fraction of sp³-hybridized carbons (Fsp3) is 0.895. The minimum atomic E-state index is -0.698. The standard InChI is InChI=1S/C57H109NO5/c1-3-5-7-9-11-13-15-17-19-20-21-23-27-31-35-39-43-47-51-57(62)63-52-48-44-40-36-32-28-24-26-30-34-38-42-46-50-56(61)58-54(53-59)55(60)49-45-41-37-33-29-25-22-18-16-14-12-10-8-6-4-2/h26,30,38,42,54-55,59-60H,3-25,27-29,31-37,39-41,43-53H2,1-2H3,(H,58,61)/b30-26-,42-38-. The largest absolute Gasteiger partial charge is 0.466 e. The molecule has 6 nitrogen and oxygen atoms in total. The van der Waals surface area contributed by atoms with Gasteiger partial charge in [-0.15, -0.1) is 0 Å². The van der Waals surface area contributed by atoms with E-state index in [1.165, 1.54) is 212 Å². The molecule has 0 aromatic carbocycles. The molecule has 0 saturated heterocycles. The first kappa shape index (κ1) is 61.3. The summed E-state index contributed by atoms with van der Waals surface area (Å²) in [5.41, 5.74) is 0. The lowest BCUT2D eigenvalue weighted by molar-refractivity contribution is -0.143. The molecule has 2 atom stereocenters. The van der Waals surface area contributed by atoms with Crippen LogP contribution < -0.4 is 5.32 Å². The number of amides is 1. The Morgan fingerprint density at radius 2 is 0.810 bits per heavy atom. The highest BCUT2D eigenvalue weighted by Crippen LogP contribution is 2.17. The van der Waals surface area contributed by atoms with Crippen LogP contribution in [-0.4, -0.2) is 47.4 Å². The Morgan fingerprint density at radius 3 is 1.24 bits per heavy atom. The quantitative estimate of drug-likeness (QED) is 0.0321. The zero-order chi connectivity index (χ0) is 45.8. The predicted octanol–water partition coefficient (Wildman–Crippen LogP) is 17.1. The van der Waals surface area contributed by atoms with Gasteiger partial charge in [-0.25, -0.2) is 0 Å². The van der Waals surface area contributed by atoms with E-state index in [4.69, 9.17) is 4.74 Å². The van der Waals surface area contributed by atoms with E-state index in [2.05, 4.69) is 37.4 Å². The number of unbranched alkanes of at least 4 members (excludes halogenated alkanes) is 37. The second kappa shape index (κ2) is 53.0. The van der Waals surface area contributed by atoms with Crippen molar-refractivity contribution in [2.75, 3.05) is 13.2 Å². The van der Waals surface area contributed by atoms with Crippen molar-refractivity contribution >= 4 is 11.9 Å². The molecule has 0 aliphatic carbocycles. The van der Waals surface area contributed by atoms with E-state index in [0.717, 1.165) is 51.4 Å². The summed E-state index contributed by atoms with van der Waals surface area (Å²) in [6.45, 7) is 4.90. The molecular weight excluding hydrogens is 779 g/mol. The molecule has 372 valence electrons. The van der Waals surface area contributed by atoms with Crippen LogP contribution in [-0.2, 0) is 14.3 Å². The maximum absolute atomic E-state index is 12.4. The van der Waals surface area contributed by atoms with E-state index in [1.807, 2.05) is 6.08 Å². The SMILES string of the molecule is CCCCCCCCCCCCCCCCCCCCC(=O)OCCCCCCCC/C=C\C/C=C\CCC(=O)NC(CO)C(O)CCCCCCCCCCCCCCCCC. The van der Waals surface area contributed by atoms with E-state index in [9.17, 15) is 19.8 Å². The highest BCUT2D eigenvalue weighted by Gasteiger charge is 2.19. The Bertz CT molecular complexity index is 982. The van der Waals surface area contributed by atoms with Gasteiger partial charge in [0.2, 0.25) is 5.91 Å². The Kier molecular flexibility index (Phi) is 51.6. The molecule has 0 rings (SSSR count). The van der Waals surface area contributed by atoms with Crippen molar-refractivity contribution in [2.24, 2.45) is 0 Å². The van der Waals surface area contributed by atoms with Crippen LogP contribution in [0.15, 0.2) is 24.3 Å². The van der Waals surface area contributed by atoms with Crippen molar-refractivity contribution in [3.05, 3.63) is 24.3 Å². The lowest BCUT2D eigenvalue weighted by atomic mass is 10.0. The van der Waals surface area contributed by atoms with Crippen LogP contribution in [0.4, 0.5) is 0 Å². The molecule has 2 unspecified atom stereocenters. The van der Waals surface area contributed by atoms with Gasteiger partial charge in [-0.3, -0.25) is 9.59 Å². The van der Waals surface area contributed by atoms with E-state index >= 15 is 0 Å². The summed E-state index contributed by atoms with van der Waals surface area (Å²) in [4.78, 5) is 24.5. The monoisotopic (exact) mass is 888 g/mol. The van der Waals surface area contributed by atoms with Gasteiger partial charge in [-0.1, -0.05) is 269 Å². The third-order valence-electron chi connectivity index (χ3n) is 13.0. The zero-order valence-electron chi connectivity index (χ0n) is 42.3. The second-order valence-corrected chi connectivity index (χ2v) is 19.3. The molecule has 0 radical (unpaired) electrons. The molecule has 0 bridgehead atoms. The number of nitrogens with one attached hydrogen (secondary N) is 1. The maximum Gasteiger partial charge on any atom is 0.305 e. The van der Waals surface area contributed by atoms with Gasteiger partial charge in [-0.2, -0.15) is 0 Å². The number of carbonyl (C=O) groups excluding carboxylic acids is 2. The summed E-state index contributed by atoms with van der Waals surface area (Å²) in [6.07, 6.45) is 63.2. The Balaban J connectivity index is 3.51. The highest BCUT2D eigenvalue weighted by atomic mass is 16.5. The van der Waals surface area contributed by atoms with Crippen LogP contribution in [0.1, 0.15) is 303 Å². The van der Waals surface area contributed by atoms with Crippen LogP contribution in [0, 0.1) is 0 Å². The van der Waals surface area contributed by atoms with Crippen molar-refractivity contribution in [1.29, 1.82) is 0 Å². The zero-order valence-corrected chi connectivity index (χ0v) is 42.3. The molecular formula is C57H109NO5. The van der Waals surface area contributed by atoms with Gasteiger partial charge >= 0.3 is 5.97 Å². The minimum Gasteiger partial charge on any atom is -0.466 e. The first-order chi connectivity index (χ1) is 31.0. The van der Waals surface area contributed by atoms with Gasteiger partial charge in [-0.05, 0) is 44.9 Å².